The van der Waals surface area contributed by atoms with Gasteiger partial charge in [0, 0.05) is 12.8 Å². The quantitative estimate of drug-likeness (QED) is 0.778. The second-order valence-corrected chi connectivity index (χ2v) is 3.92. The number of aliphatic hydroxyl groups is 1. The van der Waals surface area contributed by atoms with E-state index >= 15 is 0 Å². The van der Waals surface area contributed by atoms with Gasteiger partial charge in [0.05, 0.1) is 12.6 Å². The molecule has 4 nitrogen and oxygen atoms in total. The zero-order valence-electron chi connectivity index (χ0n) is 9.85. The Morgan fingerprint density at radius 2 is 1.88 bits per heavy atom. The number of carbonyl (C=O) groups excluding carboxylic acids is 2. The van der Waals surface area contributed by atoms with Gasteiger partial charge in [-0.25, -0.2) is 0 Å². The van der Waals surface area contributed by atoms with Gasteiger partial charge < -0.3 is 15.2 Å². The molecule has 0 bridgehead atoms. The van der Waals surface area contributed by atoms with Gasteiger partial charge in [-0.1, -0.05) is 30.3 Å². The molecule has 0 radical (unpaired) electrons. The molecule has 0 unspecified atom stereocenters. The van der Waals surface area contributed by atoms with E-state index in [1.807, 2.05) is 30.3 Å². The Balaban J connectivity index is 2.53. The van der Waals surface area contributed by atoms with E-state index in [-0.39, 0.29) is 31.1 Å². The third-order valence-electron chi connectivity index (χ3n) is 2.42. The van der Waals surface area contributed by atoms with Crippen molar-refractivity contribution in [2.45, 2.75) is 25.8 Å². The highest BCUT2D eigenvalue weighted by Gasteiger charge is 2.13. The van der Waals surface area contributed by atoms with Crippen LogP contribution in [0.25, 0.3) is 0 Å². The Kier molecular flexibility index (Phi) is 5.36. The number of hydrogen-bond acceptors (Lipinski definition) is 3. The molecule has 1 aromatic carbocycles. The molecular formula is C13H17NO3. The first-order chi connectivity index (χ1) is 8.13. The molecule has 0 aliphatic carbocycles. The van der Waals surface area contributed by atoms with E-state index in [4.69, 9.17) is 0 Å². The molecule has 17 heavy (non-hydrogen) atoms. The van der Waals surface area contributed by atoms with Gasteiger partial charge >= 0.3 is 0 Å². The number of Topliss-reactive ketones (excluding diaryl/α,β-unsaturated/α-hetero) is 1. The van der Waals surface area contributed by atoms with Gasteiger partial charge in [-0.2, -0.15) is 0 Å². The van der Waals surface area contributed by atoms with Crippen LogP contribution in [0.5, 0.6) is 0 Å². The summed E-state index contributed by atoms with van der Waals surface area (Å²) in [5, 5.41) is 11.9. The molecule has 0 fully saturated rings. The van der Waals surface area contributed by atoms with Crippen molar-refractivity contribution in [2.75, 3.05) is 6.61 Å². The van der Waals surface area contributed by atoms with Crippen LogP contribution < -0.4 is 5.32 Å². The normalized spacial score (nSPS) is 11.9. The van der Waals surface area contributed by atoms with E-state index in [0.717, 1.165) is 5.56 Å². The molecule has 2 N–H and O–H groups in total. The summed E-state index contributed by atoms with van der Waals surface area (Å²) >= 11 is 0. The number of carbonyl (C=O) groups is 2. The number of aliphatic hydroxyl groups excluding tert-OH is 1. The summed E-state index contributed by atoms with van der Waals surface area (Å²) in [7, 11) is 0. The number of amides is 1. The molecule has 0 saturated heterocycles. The maximum Gasteiger partial charge on any atom is 0.221 e. The molecule has 0 aliphatic rings. The van der Waals surface area contributed by atoms with Crippen LogP contribution in [-0.2, 0) is 9.59 Å². The van der Waals surface area contributed by atoms with Crippen molar-refractivity contribution in [1.82, 2.24) is 5.32 Å². The SMILES string of the molecule is CC(=O)CCC(=O)N[C@@H](CO)c1ccccc1. The van der Waals surface area contributed by atoms with E-state index in [1.54, 1.807) is 0 Å². The minimum atomic E-state index is -0.407. The van der Waals surface area contributed by atoms with Crippen LogP contribution in [0, 0.1) is 0 Å². The smallest absolute Gasteiger partial charge is 0.221 e. The lowest BCUT2D eigenvalue weighted by Gasteiger charge is -2.16. The van der Waals surface area contributed by atoms with E-state index < -0.39 is 6.04 Å². The van der Waals surface area contributed by atoms with Crippen molar-refractivity contribution in [1.29, 1.82) is 0 Å². The minimum absolute atomic E-state index is 0.0135. The average Bonchev–Trinajstić information content (AvgIpc) is 2.34. The lowest BCUT2D eigenvalue weighted by atomic mass is 10.1. The van der Waals surface area contributed by atoms with E-state index in [2.05, 4.69) is 5.32 Å². The first-order valence-electron chi connectivity index (χ1n) is 5.58. The predicted octanol–water partition coefficient (Wildman–Crippen LogP) is 1.21. The maximum atomic E-state index is 11.5. The van der Waals surface area contributed by atoms with Crippen molar-refractivity contribution in [2.24, 2.45) is 0 Å². The fourth-order valence-corrected chi connectivity index (χ4v) is 1.48. The number of benzene rings is 1. The molecule has 1 atom stereocenters. The molecule has 0 heterocycles. The second kappa shape index (κ2) is 6.81. The Hall–Kier alpha value is -1.68. The number of ketones is 1. The molecule has 0 saturated carbocycles. The third kappa shape index (κ3) is 4.78. The summed E-state index contributed by atoms with van der Waals surface area (Å²) in [5.41, 5.74) is 0.853. The molecular weight excluding hydrogens is 218 g/mol. The van der Waals surface area contributed by atoms with Gasteiger partial charge in [-0.05, 0) is 12.5 Å². The monoisotopic (exact) mass is 235 g/mol. The number of nitrogens with one attached hydrogen (secondary N) is 1. The molecule has 1 aromatic rings. The standard InChI is InChI=1S/C13H17NO3/c1-10(16)7-8-13(17)14-12(9-15)11-5-3-2-4-6-11/h2-6,12,15H,7-9H2,1H3,(H,14,17)/t12-/m0/s1. The number of rotatable bonds is 6. The molecule has 0 aliphatic heterocycles. The Morgan fingerprint density at radius 3 is 2.41 bits per heavy atom. The predicted molar refractivity (Wildman–Crippen MR) is 64.3 cm³/mol. The fraction of sp³-hybridized carbons (Fsp3) is 0.385. The van der Waals surface area contributed by atoms with Crippen molar-refractivity contribution >= 4 is 11.7 Å². The third-order valence-corrected chi connectivity index (χ3v) is 2.42. The first kappa shape index (κ1) is 13.4. The van der Waals surface area contributed by atoms with Gasteiger partial charge in [-0.15, -0.1) is 0 Å². The zero-order chi connectivity index (χ0) is 12.7. The zero-order valence-corrected chi connectivity index (χ0v) is 9.85. The number of hydrogen-bond donors (Lipinski definition) is 2. The summed E-state index contributed by atoms with van der Waals surface area (Å²) in [5.74, 6) is -0.233. The van der Waals surface area contributed by atoms with Crippen LogP contribution >= 0.6 is 0 Å². The van der Waals surface area contributed by atoms with Crippen LogP contribution in [0.15, 0.2) is 30.3 Å². The van der Waals surface area contributed by atoms with E-state index in [1.165, 1.54) is 6.92 Å². The van der Waals surface area contributed by atoms with Crippen LogP contribution in [0.3, 0.4) is 0 Å². The maximum absolute atomic E-state index is 11.5. The van der Waals surface area contributed by atoms with Gasteiger partial charge in [-0.3, -0.25) is 4.79 Å². The fourth-order valence-electron chi connectivity index (χ4n) is 1.48. The van der Waals surface area contributed by atoms with E-state index in [9.17, 15) is 14.7 Å². The molecule has 1 amide bonds. The molecule has 0 spiro atoms. The lowest BCUT2D eigenvalue weighted by molar-refractivity contribution is -0.125. The molecule has 92 valence electrons. The van der Waals surface area contributed by atoms with Gasteiger partial charge in [0.2, 0.25) is 5.91 Å². The Morgan fingerprint density at radius 1 is 1.24 bits per heavy atom. The molecule has 1 rings (SSSR count). The van der Waals surface area contributed by atoms with Crippen molar-refractivity contribution in [3.8, 4) is 0 Å². The largest absolute Gasteiger partial charge is 0.394 e. The average molecular weight is 235 g/mol. The van der Waals surface area contributed by atoms with Gasteiger partial charge in [0.1, 0.15) is 5.78 Å². The Labute approximate surface area is 101 Å². The van der Waals surface area contributed by atoms with Crippen LogP contribution in [0.2, 0.25) is 0 Å². The van der Waals surface area contributed by atoms with Crippen molar-refractivity contribution in [3.63, 3.8) is 0 Å². The summed E-state index contributed by atoms with van der Waals surface area (Å²) in [6.45, 7) is 1.30. The highest BCUT2D eigenvalue weighted by molar-refractivity contribution is 5.83. The Bertz CT molecular complexity index is 376. The lowest BCUT2D eigenvalue weighted by Crippen LogP contribution is -2.30. The topological polar surface area (TPSA) is 66.4 Å². The summed E-state index contributed by atoms with van der Waals surface area (Å²) in [6, 6.07) is 8.84. The van der Waals surface area contributed by atoms with Gasteiger partial charge in [0.25, 0.3) is 0 Å². The second-order valence-electron chi connectivity index (χ2n) is 3.92. The van der Waals surface area contributed by atoms with Crippen LogP contribution in [0.4, 0.5) is 0 Å². The summed E-state index contributed by atoms with van der Waals surface area (Å²) in [6.07, 6.45) is 0.400. The highest BCUT2D eigenvalue weighted by Crippen LogP contribution is 2.11. The summed E-state index contributed by atoms with van der Waals surface area (Å²) < 4.78 is 0. The molecule has 4 heteroatoms. The van der Waals surface area contributed by atoms with Crippen molar-refractivity contribution in [3.05, 3.63) is 35.9 Å². The highest BCUT2D eigenvalue weighted by atomic mass is 16.3. The van der Waals surface area contributed by atoms with E-state index in [0.29, 0.717) is 0 Å². The van der Waals surface area contributed by atoms with Crippen molar-refractivity contribution < 1.29 is 14.7 Å². The minimum Gasteiger partial charge on any atom is -0.394 e. The van der Waals surface area contributed by atoms with Crippen LogP contribution in [-0.4, -0.2) is 23.4 Å². The van der Waals surface area contributed by atoms with Crippen LogP contribution in [0.1, 0.15) is 31.4 Å². The summed E-state index contributed by atoms with van der Waals surface area (Å²) in [4.78, 5) is 22.3. The first-order valence-corrected chi connectivity index (χ1v) is 5.58. The van der Waals surface area contributed by atoms with Gasteiger partial charge in [0.15, 0.2) is 0 Å². The molecule has 0 aromatic heterocycles.